The van der Waals surface area contributed by atoms with E-state index < -0.39 is 6.09 Å². The molecular formula is C13H9N5O4. The van der Waals surface area contributed by atoms with Crippen LogP contribution in [0.25, 0.3) is 11.6 Å². The van der Waals surface area contributed by atoms with Gasteiger partial charge in [-0.05, 0) is 24.3 Å². The molecule has 3 aromatic rings. The first-order valence-corrected chi connectivity index (χ1v) is 6.07. The third-order valence-corrected chi connectivity index (χ3v) is 2.55. The fourth-order valence-electron chi connectivity index (χ4n) is 1.65. The van der Waals surface area contributed by atoms with Crippen molar-refractivity contribution in [2.45, 2.75) is 0 Å². The van der Waals surface area contributed by atoms with Crippen molar-refractivity contribution in [1.82, 2.24) is 20.2 Å². The summed E-state index contributed by atoms with van der Waals surface area (Å²) in [4.78, 5) is 18.5. The maximum atomic E-state index is 10.5. The minimum Gasteiger partial charge on any atom is -0.465 e. The molecule has 1 amide bonds. The normalized spacial score (nSPS) is 10.2. The van der Waals surface area contributed by atoms with Crippen LogP contribution in [0.15, 0.2) is 47.5 Å². The first-order valence-electron chi connectivity index (χ1n) is 6.07. The highest BCUT2D eigenvalue weighted by atomic mass is 16.5. The van der Waals surface area contributed by atoms with Gasteiger partial charge in [0, 0.05) is 11.8 Å². The van der Waals surface area contributed by atoms with E-state index in [-0.39, 0.29) is 5.89 Å². The summed E-state index contributed by atoms with van der Waals surface area (Å²) in [7, 11) is 0. The van der Waals surface area contributed by atoms with Crippen LogP contribution < -0.4 is 10.1 Å². The molecule has 22 heavy (non-hydrogen) atoms. The fourth-order valence-corrected chi connectivity index (χ4v) is 1.65. The van der Waals surface area contributed by atoms with E-state index in [1.165, 1.54) is 12.7 Å². The zero-order valence-electron chi connectivity index (χ0n) is 11.0. The molecule has 3 rings (SSSR count). The summed E-state index contributed by atoms with van der Waals surface area (Å²) in [6.45, 7) is 0. The standard InChI is InChI=1S/C13H9N5O4/c19-13(20)17-8-1-3-9(4-2-8)22-11-5-10(14-6-15-11)12-18-16-7-21-12/h1-7,17H,(H,19,20). The lowest BCUT2D eigenvalue weighted by molar-refractivity contribution is 0.209. The van der Waals surface area contributed by atoms with Crippen LogP contribution in [-0.4, -0.2) is 31.4 Å². The third-order valence-electron chi connectivity index (χ3n) is 2.55. The van der Waals surface area contributed by atoms with Gasteiger partial charge >= 0.3 is 6.09 Å². The molecule has 0 radical (unpaired) electrons. The van der Waals surface area contributed by atoms with Crippen LogP contribution in [0.1, 0.15) is 0 Å². The van der Waals surface area contributed by atoms with E-state index in [0.717, 1.165) is 0 Å². The van der Waals surface area contributed by atoms with Crippen molar-refractivity contribution < 1.29 is 19.1 Å². The monoisotopic (exact) mass is 299 g/mol. The minimum absolute atomic E-state index is 0.258. The number of hydrogen-bond acceptors (Lipinski definition) is 7. The molecule has 2 aromatic heterocycles. The topological polar surface area (TPSA) is 123 Å². The van der Waals surface area contributed by atoms with E-state index in [1.54, 1.807) is 30.3 Å². The number of carbonyl (C=O) groups is 1. The molecule has 0 aliphatic rings. The number of nitrogens with one attached hydrogen (secondary N) is 1. The second-order valence-corrected chi connectivity index (χ2v) is 4.04. The Morgan fingerprint density at radius 2 is 2.05 bits per heavy atom. The average molecular weight is 299 g/mol. The fraction of sp³-hybridized carbons (Fsp3) is 0. The third kappa shape index (κ3) is 3.15. The van der Waals surface area contributed by atoms with Crippen molar-refractivity contribution in [3.8, 4) is 23.2 Å². The van der Waals surface area contributed by atoms with Gasteiger partial charge in [-0.2, -0.15) is 0 Å². The first-order chi connectivity index (χ1) is 10.7. The summed E-state index contributed by atoms with van der Waals surface area (Å²) in [5, 5.41) is 18.2. The van der Waals surface area contributed by atoms with Gasteiger partial charge in [0.1, 0.15) is 17.8 Å². The zero-order valence-corrected chi connectivity index (χ0v) is 11.0. The summed E-state index contributed by atoms with van der Waals surface area (Å²) >= 11 is 0. The van der Waals surface area contributed by atoms with Crippen molar-refractivity contribution in [2.24, 2.45) is 0 Å². The zero-order chi connectivity index (χ0) is 15.4. The van der Waals surface area contributed by atoms with Crippen molar-refractivity contribution in [1.29, 1.82) is 0 Å². The van der Waals surface area contributed by atoms with E-state index in [2.05, 4.69) is 25.5 Å². The number of anilines is 1. The molecule has 0 saturated heterocycles. The maximum Gasteiger partial charge on any atom is 0.409 e. The van der Waals surface area contributed by atoms with Crippen LogP contribution in [0, 0.1) is 0 Å². The number of carboxylic acid groups (broad SMARTS) is 1. The van der Waals surface area contributed by atoms with Crippen LogP contribution >= 0.6 is 0 Å². The minimum atomic E-state index is -1.13. The maximum absolute atomic E-state index is 10.5. The lowest BCUT2D eigenvalue weighted by Crippen LogP contribution is -2.06. The van der Waals surface area contributed by atoms with Gasteiger partial charge in [-0.25, -0.2) is 14.8 Å². The van der Waals surface area contributed by atoms with Crippen LogP contribution in [0.4, 0.5) is 10.5 Å². The van der Waals surface area contributed by atoms with Crippen LogP contribution in [0.5, 0.6) is 11.6 Å². The van der Waals surface area contributed by atoms with Gasteiger partial charge < -0.3 is 14.3 Å². The summed E-state index contributed by atoms with van der Waals surface area (Å²) in [5.74, 6) is 1.04. The number of rotatable bonds is 4. The molecule has 110 valence electrons. The lowest BCUT2D eigenvalue weighted by Gasteiger charge is -2.06. The molecule has 0 aliphatic carbocycles. The van der Waals surface area contributed by atoms with Crippen LogP contribution in [-0.2, 0) is 0 Å². The highest BCUT2D eigenvalue weighted by molar-refractivity contribution is 5.82. The number of hydrogen-bond donors (Lipinski definition) is 2. The molecule has 0 unspecified atom stereocenters. The molecule has 9 heteroatoms. The largest absolute Gasteiger partial charge is 0.465 e. The Morgan fingerprint density at radius 3 is 2.73 bits per heavy atom. The number of nitrogens with zero attached hydrogens (tertiary/aromatic N) is 4. The second-order valence-electron chi connectivity index (χ2n) is 4.04. The van der Waals surface area contributed by atoms with Gasteiger partial charge in [0.15, 0.2) is 0 Å². The number of aromatic nitrogens is 4. The Kier molecular flexibility index (Phi) is 3.60. The van der Waals surface area contributed by atoms with Gasteiger partial charge in [0.2, 0.25) is 12.3 Å². The summed E-state index contributed by atoms with van der Waals surface area (Å²) in [5.41, 5.74) is 0.876. The molecule has 0 atom stereocenters. The SMILES string of the molecule is O=C(O)Nc1ccc(Oc2cc(-c3nnco3)ncn2)cc1. The predicted octanol–water partition coefficient (Wildman–Crippen LogP) is 2.41. The molecule has 0 bridgehead atoms. The lowest BCUT2D eigenvalue weighted by atomic mass is 10.3. The molecule has 0 saturated carbocycles. The Balaban J connectivity index is 1.76. The van der Waals surface area contributed by atoms with Gasteiger partial charge in [-0.3, -0.25) is 5.32 Å². The quantitative estimate of drug-likeness (QED) is 0.752. The number of benzene rings is 1. The first kappa shape index (κ1) is 13.5. The molecule has 9 nitrogen and oxygen atoms in total. The predicted molar refractivity (Wildman–Crippen MR) is 73.5 cm³/mol. The molecule has 2 heterocycles. The molecule has 0 aliphatic heterocycles. The van der Waals surface area contributed by atoms with Gasteiger partial charge in [-0.15, -0.1) is 10.2 Å². The van der Waals surface area contributed by atoms with Crippen molar-refractivity contribution in [3.05, 3.63) is 43.1 Å². The van der Waals surface area contributed by atoms with Crippen molar-refractivity contribution in [2.75, 3.05) is 5.32 Å². The summed E-state index contributed by atoms with van der Waals surface area (Å²) in [6, 6.07) is 7.92. The highest BCUT2D eigenvalue weighted by Crippen LogP contribution is 2.23. The summed E-state index contributed by atoms with van der Waals surface area (Å²) in [6.07, 6.45) is 1.38. The Labute approximate surface area is 123 Å². The second kappa shape index (κ2) is 5.87. The van der Waals surface area contributed by atoms with E-state index in [4.69, 9.17) is 14.3 Å². The van der Waals surface area contributed by atoms with E-state index in [0.29, 0.717) is 23.0 Å². The van der Waals surface area contributed by atoms with Crippen molar-refractivity contribution in [3.63, 3.8) is 0 Å². The van der Waals surface area contributed by atoms with Crippen molar-refractivity contribution >= 4 is 11.8 Å². The van der Waals surface area contributed by atoms with E-state index in [9.17, 15) is 4.79 Å². The Hall–Kier alpha value is -3.49. The smallest absolute Gasteiger partial charge is 0.409 e. The van der Waals surface area contributed by atoms with Gasteiger partial charge in [-0.1, -0.05) is 0 Å². The molecular weight excluding hydrogens is 290 g/mol. The highest BCUT2D eigenvalue weighted by Gasteiger charge is 2.08. The molecule has 2 N–H and O–H groups in total. The van der Waals surface area contributed by atoms with Crippen LogP contribution in [0.2, 0.25) is 0 Å². The summed E-state index contributed by atoms with van der Waals surface area (Å²) < 4.78 is 10.6. The van der Waals surface area contributed by atoms with E-state index >= 15 is 0 Å². The van der Waals surface area contributed by atoms with E-state index in [1.807, 2.05) is 0 Å². The number of ether oxygens (including phenoxy) is 1. The molecule has 0 spiro atoms. The Morgan fingerprint density at radius 1 is 1.23 bits per heavy atom. The van der Waals surface area contributed by atoms with Gasteiger partial charge in [0.25, 0.3) is 5.89 Å². The number of amides is 1. The average Bonchev–Trinajstić information content (AvgIpc) is 3.03. The van der Waals surface area contributed by atoms with Gasteiger partial charge in [0.05, 0.1) is 0 Å². The van der Waals surface area contributed by atoms with Crippen LogP contribution in [0.3, 0.4) is 0 Å². The molecule has 1 aromatic carbocycles. The molecule has 0 fully saturated rings. The Bertz CT molecular complexity index is 773.